The number of nitrogens with one attached hydrogen (secondary N) is 1. The summed E-state index contributed by atoms with van der Waals surface area (Å²) in [6.45, 7) is 2.43. The monoisotopic (exact) mass is 466 g/mol. The van der Waals surface area contributed by atoms with Crippen LogP contribution in [0.1, 0.15) is 43.2 Å². The molecule has 0 aromatic heterocycles. The van der Waals surface area contributed by atoms with Crippen LogP contribution in [0.25, 0.3) is 11.1 Å². The van der Waals surface area contributed by atoms with Crippen molar-refractivity contribution in [2.75, 3.05) is 26.2 Å². The molecule has 1 saturated heterocycles. The maximum atomic E-state index is 12.4. The van der Waals surface area contributed by atoms with Crippen molar-refractivity contribution in [2.24, 2.45) is 5.41 Å². The number of aliphatic hydroxyl groups excluding tert-OH is 1. The van der Waals surface area contributed by atoms with E-state index in [1.807, 2.05) is 36.4 Å². The van der Waals surface area contributed by atoms with Crippen molar-refractivity contribution < 1.29 is 29.3 Å². The highest BCUT2D eigenvalue weighted by atomic mass is 16.5. The van der Waals surface area contributed by atoms with Gasteiger partial charge in [0.15, 0.2) is 0 Å². The van der Waals surface area contributed by atoms with Crippen LogP contribution in [0.2, 0.25) is 0 Å². The second-order valence-electron chi connectivity index (χ2n) is 9.31. The van der Waals surface area contributed by atoms with Crippen LogP contribution in [0.15, 0.2) is 48.5 Å². The normalized spacial score (nSPS) is 17.4. The highest BCUT2D eigenvalue weighted by Gasteiger charge is 2.38. The minimum atomic E-state index is -1.05. The van der Waals surface area contributed by atoms with Crippen LogP contribution in [-0.2, 0) is 14.3 Å². The van der Waals surface area contributed by atoms with Gasteiger partial charge in [-0.1, -0.05) is 48.5 Å². The summed E-state index contributed by atoms with van der Waals surface area (Å²) >= 11 is 0. The summed E-state index contributed by atoms with van der Waals surface area (Å²) in [5, 5.41) is 22.1. The van der Waals surface area contributed by atoms with Crippen LogP contribution in [0, 0.1) is 5.41 Å². The first-order chi connectivity index (χ1) is 16.3. The second-order valence-corrected chi connectivity index (χ2v) is 9.31. The standard InChI is InChI=1S/C26H30N2O6/c1-26(24(31)32)10-12-28(13-11-26)23(30)14-17(29)15-27-25(33)34-16-22-20-8-4-2-6-18(20)19-7-3-5-9-21(19)22/h2-9,17,22,29H,10-16H2,1H3,(H,27,33)(H,31,32). The molecule has 0 radical (unpaired) electrons. The number of hydrogen-bond acceptors (Lipinski definition) is 5. The van der Waals surface area contributed by atoms with Crippen LogP contribution in [0.3, 0.4) is 0 Å². The summed E-state index contributed by atoms with van der Waals surface area (Å²) in [5.41, 5.74) is 3.69. The number of fused-ring (bicyclic) bond motifs is 3. The maximum absolute atomic E-state index is 12.4. The maximum Gasteiger partial charge on any atom is 0.407 e. The van der Waals surface area contributed by atoms with Crippen molar-refractivity contribution in [2.45, 2.75) is 38.2 Å². The lowest BCUT2D eigenvalue weighted by atomic mass is 9.80. The Balaban J connectivity index is 1.23. The number of likely N-dealkylation sites (tertiary alicyclic amines) is 1. The molecule has 1 heterocycles. The van der Waals surface area contributed by atoms with Crippen LogP contribution in [0.4, 0.5) is 4.79 Å². The number of carbonyl (C=O) groups excluding carboxylic acids is 2. The molecule has 2 aromatic rings. The van der Waals surface area contributed by atoms with Crippen molar-refractivity contribution in [3.05, 3.63) is 59.7 Å². The Morgan fingerprint density at radius 2 is 1.62 bits per heavy atom. The molecule has 1 unspecified atom stereocenters. The smallest absolute Gasteiger partial charge is 0.407 e. The lowest BCUT2D eigenvalue weighted by molar-refractivity contribution is -0.153. The van der Waals surface area contributed by atoms with Gasteiger partial charge in [0.25, 0.3) is 0 Å². The fourth-order valence-corrected chi connectivity index (χ4v) is 4.72. The molecular weight excluding hydrogens is 436 g/mol. The first-order valence-electron chi connectivity index (χ1n) is 11.6. The number of aliphatic hydroxyl groups is 1. The summed E-state index contributed by atoms with van der Waals surface area (Å²) < 4.78 is 5.44. The molecule has 1 aliphatic carbocycles. The molecule has 180 valence electrons. The largest absolute Gasteiger partial charge is 0.481 e. The molecule has 34 heavy (non-hydrogen) atoms. The van der Waals surface area contributed by atoms with Crippen molar-refractivity contribution in [1.82, 2.24) is 10.2 Å². The Labute approximate surface area is 198 Å². The third-order valence-electron chi connectivity index (χ3n) is 6.97. The molecule has 2 aromatic carbocycles. The fourth-order valence-electron chi connectivity index (χ4n) is 4.72. The summed E-state index contributed by atoms with van der Waals surface area (Å²) in [6.07, 6.45) is -1.10. The number of amides is 2. The van der Waals surface area contributed by atoms with Gasteiger partial charge >= 0.3 is 12.1 Å². The van der Waals surface area contributed by atoms with E-state index >= 15 is 0 Å². The molecule has 1 fully saturated rings. The number of ether oxygens (including phenoxy) is 1. The average molecular weight is 467 g/mol. The van der Waals surface area contributed by atoms with Crippen LogP contribution in [0.5, 0.6) is 0 Å². The highest BCUT2D eigenvalue weighted by molar-refractivity contribution is 5.80. The molecule has 4 rings (SSSR count). The van der Waals surface area contributed by atoms with Gasteiger partial charge in [0.1, 0.15) is 6.61 Å². The van der Waals surface area contributed by atoms with Gasteiger partial charge in [0, 0.05) is 25.6 Å². The molecular formula is C26H30N2O6. The van der Waals surface area contributed by atoms with E-state index in [1.54, 1.807) is 11.8 Å². The first kappa shape index (κ1) is 23.8. The van der Waals surface area contributed by atoms with Crippen LogP contribution < -0.4 is 5.32 Å². The van der Waals surface area contributed by atoms with Crippen LogP contribution in [-0.4, -0.2) is 65.4 Å². The predicted octanol–water partition coefficient (Wildman–Crippen LogP) is 2.99. The molecule has 1 atom stereocenters. The Kier molecular flexibility index (Phi) is 6.88. The van der Waals surface area contributed by atoms with Gasteiger partial charge in [-0.25, -0.2) is 4.79 Å². The Bertz CT molecular complexity index is 1030. The minimum absolute atomic E-state index is 0.0553. The number of benzene rings is 2. The number of hydrogen-bond donors (Lipinski definition) is 3. The number of aliphatic carboxylic acids is 1. The van der Waals surface area contributed by atoms with E-state index in [9.17, 15) is 24.6 Å². The quantitative estimate of drug-likeness (QED) is 0.578. The molecule has 0 bridgehead atoms. The number of nitrogens with zero attached hydrogens (tertiary/aromatic N) is 1. The van der Waals surface area contributed by atoms with Gasteiger partial charge in [-0.2, -0.15) is 0 Å². The number of piperidine rings is 1. The zero-order valence-electron chi connectivity index (χ0n) is 19.2. The summed E-state index contributed by atoms with van der Waals surface area (Å²) in [6, 6.07) is 16.1. The van der Waals surface area contributed by atoms with E-state index in [-0.39, 0.29) is 31.4 Å². The van der Waals surface area contributed by atoms with E-state index in [2.05, 4.69) is 17.4 Å². The predicted molar refractivity (Wildman–Crippen MR) is 125 cm³/mol. The van der Waals surface area contributed by atoms with Crippen LogP contribution >= 0.6 is 0 Å². The van der Waals surface area contributed by atoms with E-state index < -0.39 is 23.6 Å². The zero-order chi connectivity index (χ0) is 24.3. The highest BCUT2D eigenvalue weighted by Crippen LogP contribution is 2.44. The van der Waals surface area contributed by atoms with Gasteiger partial charge in [0.2, 0.25) is 5.91 Å². The number of alkyl carbamates (subject to hydrolysis) is 1. The molecule has 2 aliphatic rings. The zero-order valence-corrected chi connectivity index (χ0v) is 19.2. The number of carbonyl (C=O) groups is 3. The van der Waals surface area contributed by atoms with E-state index in [1.165, 1.54) is 0 Å². The van der Waals surface area contributed by atoms with Gasteiger partial charge in [-0.3, -0.25) is 9.59 Å². The molecule has 0 saturated carbocycles. The number of rotatable bonds is 7. The SMILES string of the molecule is CC1(C(=O)O)CCN(C(=O)CC(O)CNC(=O)OCC2c3ccccc3-c3ccccc32)CC1. The van der Waals surface area contributed by atoms with Gasteiger partial charge in [0.05, 0.1) is 17.9 Å². The lowest BCUT2D eigenvalue weighted by Gasteiger charge is -2.36. The van der Waals surface area contributed by atoms with Gasteiger partial charge in [-0.05, 0) is 42.0 Å². The fraction of sp³-hybridized carbons (Fsp3) is 0.423. The molecule has 3 N–H and O–H groups in total. The van der Waals surface area contributed by atoms with E-state index in [0.29, 0.717) is 25.9 Å². The van der Waals surface area contributed by atoms with Crippen molar-refractivity contribution in [3.63, 3.8) is 0 Å². The van der Waals surface area contributed by atoms with Crippen molar-refractivity contribution in [1.29, 1.82) is 0 Å². The van der Waals surface area contributed by atoms with Crippen molar-refractivity contribution >= 4 is 18.0 Å². The lowest BCUT2D eigenvalue weighted by Crippen LogP contribution is -2.46. The topological polar surface area (TPSA) is 116 Å². The number of carboxylic acids is 1. The average Bonchev–Trinajstić information content (AvgIpc) is 3.15. The molecule has 0 spiro atoms. The molecule has 2 amide bonds. The summed E-state index contributed by atoms with van der Waals surface area (Å²) in [5.74, 6) is -1.17. The van der Waals surface area contributed by atoms with E-state index in [4.69, 9.17) is 4.74 Å². The van der Waals surface area contributed by atoms with Gasteiger partial charge < -0.3 is 25.2 Å². The third kappa shape index (κ3) is 4.92. The summed E-state index contributed by atoms with van der Waals surface area (Å²) in [7, 11) is 0. The Morgan fingerprint density at radius 3 is 2.18 bits per heavy atom. The minimum Gasteiger partial charge on any atom is -0.481 e. The Morgan fingerprint density at radius 1 is 1.06 bits per heavy atom. The number of carboxylic acid groups (broad SMARTS) is 1. The Hall–Kier alpha value is -3.39. The summed E-state index contributed by atoms with van der Waals surface area (Å²) in [4.78, 5) is 37.6. The second kappa shape index (κ2) is 9.85. The molecule has 8 heteroatoms. The van der Waals surface area contributed by atoms with Gasteiger partial charge in [-0.15, -0.1) is 0 Å². The van der Waals surface area contributed by atoms with Crippen molar-refractivity contribution in [3.8, 4) is 11.1 Å². The third-order valence-corrected chi connectivity index (χ3v) is 6.97. The first-order valence-corrected chi connectivity index (χ1v) is 11.6. The molecule has 1 aliphatic heterocycles. The molecule has 8 nitrogen and oxygen atoms in total. The van der Waals surface area contributed by atoms with E-state index in [0.717, 1.165) is 22.3 Å².